The van der Waals surface area contributed by atoms with Crippen LogP contribution < -0.4 is 15.4 Å². The van der Waals surface area contributed by atoms with Gasteiger partial charge in [0.1, 0.15) is 0 Å². The van der Waals surface area contributed by atoms with E-state index in [9.17, 15) is 0 Å². The Kier molecular flexibility index (Phi) is 10.4. The van der Waals surface area contributed by atoms with E-state index in [0.29, 0.717) is 18.3 Å². The van der Waals surface area contributed by atoms with Gasteiger partial charge >= 0.3 is 0 Å². The smallest absolute Gasteiger partial charge is 0.212 e. The molecule has 1 aromatic rings. The molecule has 6 nitrogen and oxygen atoms in total. The van der Waals surface area contributed by atoms with E-state index in [2.05, 4.69) is 48.3 Å². The standard InChI is InChI=1S/C20H34N4O2.HI/c1-6-21-19(23-13-15-9-10-17(25-5)22-12-15)24-14-16-8-7-11-26-18(16)20(2,3)4;/h9-10,12,16,18H,6-8,11,13-14H2,1-5H3,(H2,21,23,24);1H. The fourth-order valence-corrected chi connectivity index (χ4v) is 3.37. The highest BCUT2D eigenvalue weighted by atomic mass is 127. The first kappa shape index (κ1) is 23.9. The number of guanidine groups is 1. The molecule has 1 saturated heterocycles. The van der Waals surface area contributed by atoms with E-state index in [0.717, 1.165) is 37.6 Å². The number of nitrogens with one attached hydrogen (secondary N) is 2. The monoisotopic (exact) mass is 490 g/mol. The second-order valence-electron chi connectivity index (χ2n) is 7.84. The average Bonchev–Trinajstić information content (AvgIpc) is 2.64. The lowest BCUT2D eigenvalue weighted by Crippen LogP contribution is -2.47. The van der Waals surface area contributed by atoms with Gasteiger partial charge in [-0.05, 0) is 30.7 Å². The molecular weight excluding hydrogens is 455 g/mol. The third-order valence-corrected chi connectivity index (χ3v) is 4.60. The van der Waals surface area contributed by atoms with Gasteiger partial charge in [-0.1, -0.05) is 26.8 Å². The number of nitrogens with zero attached hydrogens (tertiary/aromatic N) is 2. The first-order chi connectivity index (χ1) is 12.4. The molecule has 2 heterocycles. The molecule has 2 rings (SSSR count). The Balaban J connectivity index is 0.00000364. The van der Waals surface area contributed by atoms with E-state index < -0.39 is 0 Å². The van der Waals surface area contributed by atoms with Crippen LogP contribution in [-0.2, 0) is 11.3 Å². The molecule has 0 saturated carbocycles. The highest BCUT2D eigenvalue weighted by molar-refractivity contribution is 14.0. The van der Waals surface area contributed by atoms with Crippen molar-refractivity contribution in [3.05, 3.63) is 23.9 Å². The van der Waals surface area contributed by atoms with Crippen LogP contribution in [0.4, 0.5) is 0 Å². The van der Waals surface area contributed by atoms with E-state index in [1.807, 2.05) is 12.1 Å². The molecule has 0 radical (unpaired) electrons. The van der Waals surface area contributed by atoms with Crippen molar-refractivity contribution in [3.63, 3.8) is 0 Å². The predicted molar refractivity (Wildman–Crippen MR) is 121 cm³/mol. The van der Waals surface area contributed by atoms with Crippen molar-refractivity contribution in [1.29, 1.82) is 0 Å². The van der Waals surface area contributed by atoms with Crippen LogP contribution in [0.3, 0.4) is 0 Å². The van der Waals surface area contributed by atoms with E-state index in [-0.39, 0.29) is 35.5 Å². The van der Waals surface area contributed by atoms with E-state index in [4.69, 9.17) is 9.47 Å². The molecule has 2 atom stereocenters. The van der Waals surface area contributed by atoms with Crippen LogP contribution in [0.15, 0.2) is 23.3 Å². The summed E-state index contributed by atoms with van der Waals surface area (Å²) >= 11 is 0. The average molecular weight is 490 g/mol. The molecule has 2 N–H and O–H groups in total. The van der Waals surface area contributed by atoms with Crippen LogP contribution in [0.25, 0.3) is 0 Å². The summed E-state index contributed by atoms with van der Waals surface area (Å²) in [6.07, 6.45) is 4.40. The second kappa shape index (κ2) is 11.7. The third kappa shape index (κ3) is 7.81. The number of hydrogen-bond acceptors (Lipinski definition) is 4. The van der Waals surface area contributed by atoms with Gasteiger partial charge in [-0.15, -0.1) is 24.0 Å². The summed E-state index contributed by atoms with van der Waals surface area (Å²) in [7, 11) is 1.62. The number of aliphatic imine (C=N–C) groups is 1. The highest BCUT2D eigenvalue weighted by Gasteiger charge is 2.35. The van der Waals surface area contributed by atoms with Gasteiger partial charge in [0.15, 0.2) is 5.96 Å². The van der Waals surface area contributed by atoms with Gasteiger partial charge in [0, 0.05) is 37.9 Å². The quantitative estimate of drug-likeness (QED) is 0.363. The predicted octanol–water partition coefficient (Wildman–Crippen LogP) is 3.60. The van der Waals surface area contributed by atoms with Crippen molar-refractivity contribution in [3.8, 4) is 5.88 Å². The molecule has 7 heteroatoms. The number of pyridine rings is 1. The van der Waals surface area contributed by atoms with Crippen molar-refractivity contribution < 1.29 is 9.47 Å². The number of hydrogen-bond donors (Lipinski definition) is 2. The maximum Gasteiger partial charge on any atom is 0.212 e. The van der Waals surface area contributed by atoms with E-state index >= 15 is 0 Å². The van der Waals surface area contributed by atoms with Crippen molar-refractivity contribution in [2.45, 2.75) is 53.2 Å². The Hall–Kier alpha value is -1.09. The van der Waals surface area contributed by atoms with Gasteiger partial charge in [0.25, 0.3) is 0 Å². The molecular formula is C20H35IN4O2. The van der Waals surface area contributed by atoms with Crippen molar-refractivity contribution >= 4 is 29.9 Å². The van der Waals surface area contributed by atoms with Gasteiger partial charge in [-0.25, -0.2) is 9.98 Å². The topological polar surface area (TPSA) is 67.8 Å². The van der Waals surface area contributed by atoms with Gasteiger partial charge in [-0.2, -0.15) is 0 Å². The minimum atomic E-state index is 0. The van der Waals surface area contributed by atoms with Gasteiger partial charge in [0.2, 0.25) is 5.88 Å². The summed E-state index contributed by atoms with van der Waals surface area (Å²) in [5.74, 6) is 1.95. The SMILES string of the molecule is CCNC(=NCc1ccc(OC)nc1)NCC1CCCOC1C(C)(C)C.I. The summed E-state index contributed by atoms with van der Waals surface area (Å²) in [5.41, 5.74) is 1.20. The Morgan fingerprint density at radius 2 is 2.11 bits per heavy atom. The van der Waals surface area contributed by atoms with Crippen LogP contribution >= 0.6 is 24.0 Å². The van der Waals surface area contributed by atoms with Gasteiger partial charge in [-0.3, -0.25) is 0 Å². The van der Waals surface area contributed by atoms with Crippen LogP contribution in [0.1, 0.15) is 46.1 Å². The minimum absolute atomic E-state index is 0. The van der Waals surface area contributed by atoms with Crippen molar-refractivity contribution in [2.24, 2.45) is 16.3 Å². The molecule has 0 aliphatic carbocycles. The Morgan fingerprint density at radius 1 is 1.33 bits per heavy atom. The summed E-state index contributed by atoms with van der Waals surface area (Å²) in [6, 6.07) is 3.85. The molecule has 1 aliphatic rings. The highest BCUT2D eigenvalue weighted by Crippen LogP contribution is 2.33. The lowest BCUT2D eigenvalue weighted by atomic mass is 9.78. The van der Waals surface area contributed by atoms with E-state index in [1.165, 1.54) is 6.42 Å². The molecule has 154 valence electrons. The maximum atomic E-state index is 6.08. The lowest BCUT2D eigenvalue weighted by molar-refractivity contribution is -0.0835. The van der Waals surface area contributed by atoms with Crippen molar-refractivity contribution in [1.82, 2.24) is 15.6 Å². The van der Waals surface area contributed by atoms with Crippen molar-refractivity contribution in [2.75, 3.05) is 26.8 Å². The minimum Gasteiger partial charge on any atom is -0.481 e. The summed E-state index contributed by atoms with van der Waals surface area (Å²) < 4.78 is 11.2. The molecule has 1 fully saturated rings. The molecule has 0 bridgehead atoms. The first-order valence-corrected chi connectivity index (χ1v) is 9.56. The zero-order chi connectivity index (χ0) is 19.0. The normalized spacial score (nSPS) is 20.6. The molecule has 2 unspecified atom stereocenters. The number of rotatable bonds is 6. The Morgan fingerprint density at radius 3 is 2.70 bits per heavy atom. The summed E-state index contributed by atoms with van der Waals surface area (Å²) in [5, 5.41) is 6.82. The second-order valence-corrected chi connectivity index (χ2v) is 7.84. The number of aromatic nitrogens is 1. The Bertz CT molecular complexity index is 572. The number of methoxy groups -OCH3 is 1. The first-order valence-electron chi connectivity index (χ1n) is 9.56. The molecule has 1 aromatic heterocycles. The number of ether oxygens (including phenoxy) is 2. The van der Waals surface area contributed by atoms with Gasteiger partial charge < -0.3 is 20.1 Å². The fraction of sp³-hybridized carbons (Fsp3) is 0.700. The van der Waals surface area contributed by atoms with Crippen LogP contribution in [-0.4, -0.2) is 43.9 Å². The van der Waals surface area contributed by atoms with Crippen LogP contribution in [0, 0.1) is 11.3 Å². The van der Waals surface area contributed by atoms with Crippen LogP contribution in [0.5, 0.6) is 5.88 Å². The lowest BCUT2D eigenvalue weighted by Gasteiger charge is -2.40. The molecule has 0 aromatic carbocycles. The molecule has 0 amide bonds. The maximum absolute atomic E-state index is 6.08. The zero-order valence-corrected chi connectivity index (χ0v) is 19.6. The third-order valence-electron chi connectivity index (χ3n) is 4.60. The van der Waals surface area contributed by atoms with Crippen LogP contribution in [0.2, 0.25) is 0 Å². The molecule has 0 spiro atoms. The number of halogens is 1. The van der Waals surface area contributed by atoms with Gasteiger partial charge in [0.05, 0.1) is 19.8 Å². The molecule has 27 heavy (non-hydrogen) atoms. The fourth-order valence-electron chi connectivity index (χ4n) is 3.37. The summed E-state index contributed by atoms with van der Waals surface area (Å²) in [4.78, 5) is 8.91. The zero-order valence-electron chi connectivity index (χ0n) is 17.2. The largest absolute Gasteiger partial charge is 0.481 e. The molecule has 1 aliphatic heterocycles. The summed E-state index contributed by atoms with van der Waals surface area (Å²) in [6.45, 7) is 12.0. The van der Waals surface area contributed by atoms with E-state index in [1.54, 1.807) is 13.3 Å². The Labute approximate surface area is 180 Å².